The minimum absolute atomic E-state index is 0.219. The number of hydrogen-bond acceptors (Lipinski definition) is 2. The third kappa shape index (κ3) is 2.55. The summed E-state index contributed by atoms with van der Waals surface area (Å²) in [5.74, 6) is 2.67. The molecule has 182 valence electrons. The third-order valence-electron chi connectivity index (χ3n) is 13.5. The van der Waals surface area contributed by atoms with E-state index in [4.69, 9.17) is 0 Å². The van der Waals surface area contributed by atoms with Gasteiger partial charge in [-0.25, -0.2) is 0 Å². The predicted molar refractivity (Wildman–Crippen MR) is 132 cm³/mol. The topological polar surface area (TPSA) is 40.5 Å². The van der Waals surface area contributed by atoms with E-state index < -0.39 is 0 Å². The van der Waals surface area contributed by atoms with E-state index in [1.165, 1.54) is 50.5 Å². The molecule has 0 unspecified atom stereocenters. The molecule has 0 aromatic rings. The first-order valence-corrected chi connectivity index (χ1v) is 13.8. The van der Waals surface area contributed by atoms with Crippen LogP contribution in [-0.2, 0) is 0 Å². The summed E-state index contributed by atoms with van der Waals surface area (Å²) >= 11 is 0. The highest BCUT2D eigenvalue weighted by atomic mass is 16.3. The zero-order valence-electron chi connectivity index (χ0n) is 22.0. The molecule has 5 fully saturated rings. The van der Waals surface area contributed by atoms with Gasteiger partial charge in [0, 0.05) is 10.8 Å². The van der Waals surface area contributed by atoms with Gasteiger partial charge in [0.15, 0.2) is 0 Å². The van der Waals surface area contributed by atoms with Crippen LogP contribution < -0.4 is 0 Å². The van der Waals surface area contributed by atoms with Crippen molar-refractivity contribution < 1.29 is 10.2 Å². The highest BCUT2D eigenvalue weighted by Crippen LogP contribution is 2.77. The van der Waals surface area contributed by atoms with Crippen molar-refractivity contribution in [1.29, 1.82) is 0 Å². The fourth-order valence-corrected chi connectivity index (χ4v) is 11.8. The summed E-state index contributed by atoms with van der Waals surface area (Å²) in [5.41, 5.74) is 1.71. The van der Waals surface area contributed by atoms with Crippen LogP contribution in [0.1, 0.15) is 106 Å². The summed E-state index contributed by atoms with van der Waals surface area (Å²) in [7, 11) is 0. The molecule has 2 N–H and O–H groups in total. The van der Waals surface area contributed by atoms with Gasteiger partial charge < -0.3 is 10.2 Å². The number of hydrogen-bond donors (Lipinski definition) is 2. The molecule has 5 aliphatic rings. The monoisotopic (exact) mass is 442 g/mol. The molecule has 11 atom stereocenters. The van der Waals surface area contributed by atoms with Crippen LogP contribution in [0.2, 0.25) is 0 Å². The number of aliphatic hydroxyl groups is 2. The molecule has 0 spiro atoms. The lowest BCUT2D eigenvalue weighted by Crippen LogP contribution is -2.73. The van der Waals surface area contributed by atoms with E-state index in [9.17, 15) is 10.2 Å². The van der Waals surface area contributed by atoms with E-state index >= 15 is 0 Å². The van der Waals surface area contributed by atoms with Gasteiger partial charge in [-0.2, -0.15) is 0 Å². The Hall–Kier alpha value is -0.340. The molecular weight excluding hydrogens is 392 g/mol. The first-order chi connectivity index (χ1) is 14.7. The van der Waals surface area contributed by atoms with Crippen LogP contribution in [0.25, 0.3) is 0 Å². The number of aliphatic hydroxyl groups excluding tert-OH is 2. The van der Waals surface area contributed by atoms with Crippen LogP contribution in [0.5, 0.6) is 0 Å². The minimum Gasteiger partial charge on any atom is -0.393 e. The fourth-order valence-electron chi connectivity index (χ4n) is 11.8. The molecular formula is C30H50O2. The standard InChI is InChI=1S/C30H50O2/c1-18(2)19-12-15-27(5)20(19)16-24(31)29(7)21(27)10-11-22-28(6)14-9-13-26(3,4)23(28)17-25(32)30(22,29)8/h19-25,31-32H,1,9-17H2,2-8H3/t19-,20+,21-,22-,23+,24+,25+,27+,28-,29+,30+/m1/s1. The quantitative estimate of drug-likeness (QED) is 0.429. The summed E-state index contributed by atoms with van der Waals surface area (Å²) in [6, 6.07) is 0. The predicted octanol–water partition coefficient (Wildman–Crippen LogP) is 7.00. The summed E-state index contributed by atoms with van der Waals surface area (Å²) in [6.07, 6.45) is 9.99. The first kappa shape index (κ1) is 23.4. The van der Waals surface area contributed by atoms with Crippen molar-refractivity contribution in [3.63, 3.8) is 0 Å². The smallest absolute Gasteiger partial charge is 0.0606 e. The summed E-state index contributed by atoms with van der Waals surface area (Å²) < 4.78 is 0. The average Bonchev–Trinajstić information content (AvgIpc) is 3.03. The van der Waals surface area contributed by atoms with Crippen LogP contribution in [0.3, 0.4) is 0 Å². The molecule has 0 aromatic carbocycles. The van der Waals surface area contributed by atoms with Gasteiger partial charge in [0.2, 0.25) is 0 Å². The molecule has 0 aromatic heterocycles. The first-order valence-electron chi connectivity index (χ1n) is 13.8. The van der Waals surface area contributed by atoms with Gasteiger partial charge in [-0.3, -0.25) is 0 Å². The molecule has 0 saturated heterocycles. The molecule has 0 radical (unpaired) electrons. The van der Waals surface area contributed by atoms with E-state index in [1.54, 1.807) is 0 Å². The normalized spacial score (nSPS) is 58.8. The minimum atomic E-state index is -0.329. The number of fused-ring (bicyclic) bond motifs is 7. The average molecular weight is 443 g/mol. The molecule has 5 saturated carbocycles. The maximum absolute atomic E-state index is 12.0. The van der Waals surface area contributed by atoms with Crippen molar-refractivity contribution in [3.05, 3.63) is 12.2 Å². The molecule has 5 rings (SSSR count). The molecule has 0 aliphatic heterocycles. The Morgan fingerprint density at radius 2 is 1.28 bits per heavy atom. The molecule has 0 bridgehead atoms. The van der Waals surface area contributed by atoms with Gasteiger partial charge in [-0.1, -0.05) is 60.1 Å². The van der Waals surface area contributed by atoms with E-state index in [1.807, 2.05) is 0 Å². The lowest BCUT2D eigenvalue weighted by molar-refractivity contribution is -0.304. The fraction of sp³-hybridized carbons (Fsp3) is 0.933. The largest absolute Gasteiger partial charge is 0.393 e. The summed E-state index contributed by atoms with van der Waals surface area (Å²) in [6.45, 7) is 21.4. The van der Waals surface area contributed by atoms with Crippen LogP contribution >= 0.6 is 0 Å². The number of allylic oxidation sites excluding steroid dienone is 1. The van der Waals surface area contributed by atoms with E-state index in [-0.39, 0.29) is 33.9 Å². The highest BCUT2D eigenvalue weighted by Gasteiger charge is 2.74. The van der Waals surface area contributed by atoms with Gasteiger partial charge in [0.25, 0.3) is 0 Å². The van der Waals surface area contributed by atoms with Gasteiger partial charge in [-0.05, 0) is 104 Å². The van der Waals surface area contributed by atoms with E-state index in [2.05, 4.69) is 55.0 Å². The molecule has 32 heavy (non-hydrogen) atoms. The maximum atomic E-state index is 12.0. The third-order valence-corrected chi connectivity index (χ3v) is 13.5. The zero-order valence-corrected chi connectivity index (χ0v) is 22.0. The van der Waals surface area contributed by atoms with Gasteiger partial charge >= 0.3 is 0 Å². The Balaban J connectivity index is 1.60. The Labute approximate surface area is 197 Å². The van der Waals surface area contributed by atoms with Crippen molar-refractivity contribution in [2.45, 2.75) is 118 Å². The van der Waals surface area contributed by atoms with E-state index in [0.29, 0.717) is 35.0 Å². The van der Waals surface area contributed by atoms with Gasteiger partial charge in [0.05, 0.1) is 12.2 Å². The van der Waals surface area contributed by atoms with Crippen LogP contribution in [0.15, 0.2) is 12.2 Å². The van der Waals surface area contributed by atoms with Crippen LogP contribution in [0, 0.1) is 56.7 Å². The second kappa shape index (κ2) is 6.87. The lowest BCUT2D eigenvalue weighted by Gasteiger charge is -2.74. The Kier molecular flexibility index (Phi) is 5.02. The molecule has 5 aliphatic carbocycles. The van der Waals surface area contributed by atoms with Crippen LogP contribution in [-0.4, -0.2) is 22.4 Å². The Morgan fingerprint density at radius 3 is 1.88 bits per heavy atom. The van der Waals surface area contributed by atoms with Crippen molar-refractivity contribution in [2.75, 3.05) is 0 Å². The zero-order chi connectivity index (χ0) is 23.5. The van der Waals surface area contributed by atoms with Crippen molar-refractivity contribution in [1.82, 2.24) is 0 Å². The van der Waals surface area contributed by atoms with Gasteiger partial charge in [0.1, 0.15) is 0 Å². The molecule has 0 heterocycles. The molecule has 0 amide bonds. The van der Waals surface area contributed by atoms with Crippen molar-refractivity contribution in [2.24, 2.45) is 56.7 Å². The Morgan fingerprint density at radius 1 is 0.719 bits per heavy atom. The van der Waals surface area contributed by atoms with Crippen LogP contribution in [0.4, 0.5) is 0 Å². The second-order valence-electron chi connectivity index (χ2n) is 14.8. The lowest BCUT2D eigenvalue weighted by atomic mass is 9.31. The Bertz CT molecular complexity index is 801. The van der Waals surface area contributed by atoms with E-state index in [0.717, 1.165) is 12.8 Å². The van der Waals surface area contributed by atoms with Gasteiger partial charge in [-0.15, -0.1) is 0 Å². The molecule has 2 heteroatoms. The number of rotatable bonds is 1. The van der Waals surface area contributed by atoms with Crippen molar-refractivity contribution >= 4 is 0 Å². The highest BCUT2D eigenvalue weighted by molar-refractivity contribution is 5.24. The molecule has 2 nitrogen and oxygen atoms in total. The summed E-state index contributed by atoms with van der Waals surface area (Å²) in [5, 5.41) is 24.0. The van der Waals surface area contributed by atoms with Crippen molar-refractivity contribution in [3.8, 4) is 0 Å². The summed E-state index contributed by atoms with van der Waals surface area (Å²) in [4.78, 5) is 0. The SMILES string of the molecule is C=C(C)[C@H]1CC[C@]2(C)[C@H]3CC[C@@H]4[C@@]5(C)CCCC(C)(C)[C@@H]5C[C@H](O)[C@@]4(C)[C@]3(C)[C@@H](O)C[C@@H]12. The maximum Gasteiger partial charge on any atom is 0.0606 e. The second-order valence-corrected chi connectivity index (χ2v) is 14.8.